The monoisotopic (exact) mass is 411 g/mol. The number of amides is 1. The molecule has 1 aliphatic rings. The highest BCUT2D eigenvalue weighted by Crippen LogP contribution is 2.16. The summed E-state index contributed by atoms with van der Waals surface area (Å²) in [5.74, 6) is -0.845. The van der Waals surface area contributed by atoms with Gasteiger partial charge in [-0.15, -0.1) is 12.4 Å². The van der Waals surface area contributed by atoms with Gasteiger partial charge in [0.15, 0.2) is 5.78 Å². The lowest BCUT2D eigenvalue weighted by atomic mass is 10.1. The lowest BCUT2D eigenvalue weighted by Crippen LogP contribution is -2.36. The highest BCUT2D eigenvalue weighted by molar-refractivity contribution is 5.95. The zero-order valence-electron chi connectivity index (χ0n) is 16.5. The van der Waals surface area contributed by atoms with Gasteiger partial charge in [0.2, 0.25) is 5.91 Å². The zero-order valence-corrected chi connectivity index (χ0v) is 17.3. The van der Waals surface area contributed by atoms with Crippen LogP contribution in [0.25, 0.3) is 0 Å². The van der Waals surface area contributed by atoms with E-state index in [1.807, 2.05) is 11.9 Å². The Hall–Kier alpha value is -1.96. The number of nitrogens with zero attached hydrogens (tertiary/aromatic N) is 2. The zero-order chi connectivity index (χ0) is 19.8. The number of nitrogens with one attached hydrogen (secondary N) is 1. The average molecular weight is 412 g/mol. The van der Waals surface area contributed by atoms with Crippen LogP contribution < -0.4 is 5.32 Å². The topological polar surface area (TPSA) is 90.0 Å². The van der Waals surface area contributed by atoms with Crippen molar-refractivity contribution in [2.75, 3.05) is 38.5 Å². The predicted molar refractivity (Wildman–Crippen MR) is 111 cm³/mol. The second-order valence-electron chi connectivity index (χ2n) is 7.17. The van der Waals surface area contributed by atoms with Crippen LogP contribution in [0.1, 0.15) is 43.0 Å². The molecule has 1 aliphatic heterocycles. The summed E-state index contributed by atoms with van der Waals surface area (Å²) in [6, 6.07) is 7.17. The van der Waals surface area contributed by atoms with Gasteiger partial charge >= 0.3 is 5.97 Å². The summed E-state index contributed by atoms with van der Waals surface area (Å²) in [5, 5.41) is 11.8. The van der Waals surface area contributed by atoms with E-state index in [-0.39, 0.29) is 36.7 Å². The number of Topliss-reactive ketones (excluding diaryl/α,β-unsaturated/α-hetero) is 1. The number of carbonyl (C=O) groups excluding carboxylic acids is 2. The molecular formula is C20H30ClN3O4. The van der Waals surface area contributed by atoms with Crippen molar-refractivity contribution < 1.29 is 19.5 Å². The molecule has 1 aromatic rings. The Morgan fingerprint density at radius 1 is 1.18 bits per heavy atom. The first-order valence-corrected chi connectivity index (χ1v) is 9.40. The van der Waals surface area contributed by atoms with Crippen LogP contribution in [0, 0.1) is 0 Å². The second kappa shape index (κ2) is 11.8. The Kier molecular flexibility index (Phi) is 10.1. The molecule has 7 nitrogen and oxygen atoms in total. The number of carboxylic acids is 1. The molecular weight excluding hydrogens is 382 g/mol. The fourth-order valence-electron chi connectivity index (χ4n) is 3.42. The number of carboxylic acid groups (broad SMARTS) is 1. The lowest BCUT2D eigenvalue weighted by molar-refractivity contribution is -0.138. The lowest BCUT2D eigenvalue weighted by Gasteiger charge is -2.25. The number of likely N-dealkylation sites (N-methyl/N-ethyl adjacent to an activating group) is 1. The van der Waals surface area contributed by atoms with E-state index in [4.69, 9.17) is 5.11 Å². The van der Waals surface area contributed by atoms with Crippen LogP contribution in [0.2, 0.25) is 0 Å². The van der Waals surface area contributed by atoms with E-state index in [1.54, 1.807) is 24.3 Å². The smallest absolute Gasteiger partial charge is 0.317 e. The first-order valence-electron chi connectivity index (χ1n) is 9.40. The molecule has 156 valence electrons. The van der Waals surface area contributed by atoms with Crippen LogP contribution in [0.15, 0.2) is 24.3 Å². The molecule has 0 saturated carbocycles. The van der Waals surface area contributed by atoms with Crippen molar-refractivity contribution >= 4 is 35.8 Å². The summed E-state index contributed by atoms with van der Waals surface area (Å²) >= 11 is 0. The maximum absolute atomic E-state index is 12.2. The summed E-state index contributed by atoms with van der Waals surface area (Å²) in [6.07, 6.45) is 3.31. The Balaban J connectivity index is 0.00000392. The molecule has 0 radical (unpaired) electrons. The molecule has 1 atom stereocenters. The molecule has 8 heteroatoms. The SMILES string of the molecule is CC(=O)c1ccc(NC(=O)CCN2CCCC(N(C)CC(=O)O)CC2)cc1.Cl. The first kappa shape index (κ1) is 24.1. The molecule has 1 saturated heterocycles. The number of hydrogen-bond donors (Lipinski definition) is 2. The second-order valence-corrected chi connectivity index (χ2v) is 7.17. The highest BCUT2D eigenvalue weighted by atomic mass is 35.5. The third-order valence-electron chi connectivity index (χ3n) is 5.03. The molecule has 1 heterocycles. The summed E-state index contributed by atoms with van der Waals surface area (Å²) in [6.45, 7) is 4.06. The van der Waals surface area contributed by atoms with E-state index < -0.39 is 5.97 Å². The molecule has 0 spiro atoms. The summed E-state index contributed by atoms with van der Waals surface area (Å²) in [4.78, 5) is 38.5. The number of carbonyl (C=O) groups is 3. The van der Waals surface area contributed by atoms with Gasteiger partial charge in [-0.25, -0.2) is 0 Å². The van der Waals surface area contributed by atoms with Crippen molar-refractivity contribution in [1.29, 1.82) is 0 Å². The fourth-order valence-corrected chi connectivity index (χ4v) is 3.42. The molecule has 0 bridgehead atoms. The van der Waals surface area contributed by atoms with Crippen molar-refractivity contribution in [3.63, 3.8) is 0 Å². The minimum absolute atomic E-state index is 0. The average Bonchev–Trinajstić information content (AvgIpc) is 2.85. The van der Waals surface area contributed by atoms with Gasteiger partial charge in [-0.1, -0.05) is 0 Å². The maximum Gasteiger partial charge on any atom is 0.317 e. The third-order valence-corrected chi connectivity index (χ3v) is 5.03. The van der Waals surface area contributed by atoms with Gasteiger partial charge in [-0.3, -0.25) is 19.3 Å². The van der Waals surface area contributed by atoms with Crippen molar-refractivity contribution in [1.82, 2.24) is 9.80 Å². The Labute approximate surface area is 172 Å². The van der Waals surface area contributed by atoms with Crippen LogP contribution in [-0.4, -0.2) is 71.8 Å². The highest BCUT2D eigenvalue weighted by Gasteiger charge is 2.21. The van der Waals surface area contributed by atoms with Crippen molar-refractivity contribution in [2.45, 2.75) is 38.6 Å². The van der Waals surface area contributed by atoms with Gasteiger partial charge < -0.3 is 15.3 Å². The number of likely N-dealkylation sites (tertiary alicyclic amines) is 1. The molecule has 2 N–H and O–H groups in total. The quantitative estimate of drug-likeness (QED) is 0.639. The normalized spacial score (nSPS) is 17.5. The van der Waals surface area contributed by atoms with Gasteiger partial charge in [0.1, 0.15) is 0 Å². The van der Waals surface area contributed by atoms with Gasteiger partial charge in [0, 0.05) is 30.3 Å². The van der Waals surface area contributed by atoms with E-state index in [0.717, 1.165) is 32.4 Å². The van der Waals surface area contributed by atoms with Crippen LogP contribution >= 0.6 is 12.4 Å². The van der Waals surface area contributed by atoms with Gasteiger partial charge in [0.25, 0.3) is 0 Å². The molecule has 0 aromatic heterocycles. The van der Waals surface area contributed by atoms with Gasteiger partial charge in [-0.05, 0) is 70.6 Å². The first-order chi connectivity index (χ1) is 12.8. The third kappa shape index (κ3) is 7.96. The summed E-state index contributed by atoms with van der Waals surface area (Å²) in [5.41, 5.74) is 1.32. The number of ketones is 1. The molecule has 28 heavy (non-hydrogen) atoms. The summed E-state index contributed by atoms with van der Waals surface area (Å²) < 4.78 is 0. The van der Waals surface area contributed by atoms with E-state index in [2.05, 4.69) is 10.2 Å². The number of halogens is 1. The largest absolute Gasteiger partial charge is 0.480 e. The molecule has 1 unspecified atom stereocenters. The Morgan fingerprint density at radius 2 is 1.86 bits per heavy atom. The number of rotatable bonds is 8. The molecule has 1 amide bonds. The Bertz CT molecular complexity index is 666. The van der Waals surface area contributed by atoms with E-state index in [0.29, 0.717) is 24.2 Å². The number of anilines is 1. The minimum atomic E-state index is -0.799. The number of hydrogen-bond acceptors (Lipinski definition) is 5. The van der Waals surface area contributed by atoms with Crippen LogP contribution in [0.5, 0.6) is 0 Å². The minimum Gasteiger partial charge on any atom is -0.480 e. The van der Waals surface area contributed by atoms with Crippen molar-refractivity contribution in [2.24, 2.45) is 0 Å². The fraction of sp³-hybridized carbons (Fsp3) is 0.550. The van der Waals surface area contributed by atoms with Crippen LogP contribution in [0.3, 0.4) is 0 Å². The van der Waals surface area contributed by atoms with Crippen molar-refractivity contribution in [3.05, 3.63) is 29.8 Å². The van der Waals surface area contributed by atoms with E-state index >= 15 is 0 Å². The van der Waals surface area contributed by atoms with Crippen LogP contribution in [-0.2, 0) is 9.59 Å². The molecule has 1 fully saturated rings. The standard InChI is InChI=1S/C20H29N3O4.ClH/c1-15(24)16-5-7-17(8-6-16)21-19(25)10-13-23-11-3-4-18(9-12-23)22(2)14-20(26)27;/h5-8,18H,3-4,9-14H2,1-2H3,(H,21,25)(H,26,27);1H. The Morgan fingerprint density at radius 3 is 2.46 bits per heavy atom. The molecule has 1 aromatic carbocycles. The molecule has 2 rings (SSSR count). The number of benzene rings is 1. The summed E-state index contributed by atoms with van der Waals surface area (Å²) in [7, 11) is 1.86. The number of aliphatic carboxylic acids is 1. The van der Waals surface area contributed by atoms with Gasteiger partial charge in [-0.2, -0.15) is 0 Å². The predicted octanol–water partition coefficient (Wildman–Crippen LogP) is 2.51. The molecule has 0 aliphatic carbocycles. The van der Waals surface area contributed by atoms with Crippen LogP contribution in [0.4, 0.5) is 5.69 Å². The van der Waals surface area contributed by atoms with E-state index in [9.17, 15) is 14.4 Å². The van der Waals surface area contributed by atoms with Gasteiger partial charge in [0.05, 0.1) is 6.54 Å². The van der Waals surface area contributed by atoms with E-state index in [1.165, 1.54) is 6.92 Å². The maximum atomic E-state index is 12.2. The van der Waals surface area contributed by atoms with Crippen molar-refractivity contribution in [3.8, 4) is 0 Å².